The van der Waals surface area contributed by atoms with Crippen molar-refractivity contribution in [3.63, 3.8) is 0 Å². The molecule has 0 rings (SSSR count). The number of rotatable bonds is 1. The topological polar surface area (TPSA) is 95.4 Å². The summed E-state index contributed by atoms with van der Waals surface area (Å²) in [4.78, 5) is 9.34. The molecule has 0 aliphatic heterocycles. The van der Waals surface area contributed by atoms with Gasteiger partial charge in [-0.3, -0.25) is 0 Å². The monoisotopic (exact) mass is 196 g/mol. The fourth-order valence-electron chi connectivity index (χ4n) is 0. The second-order valence-electron chi connectivity index (χ2n) is 0.995. The van der Waals surface area contributed by atoms with Gasteiger partial charge in [-0.15, -0.1) is 0 Å². The molecule has 1 unspecified atom stereocenters. The molecule has 0 aliphatic carbocycles. The first kappa shape index (κ1) is 15.7. The summed E-state index contributed by atoms with van der Waals surface area (Å²) in [5, 5.41) is 17.3. The summed E-state index contributed by atoms with van der Waals surface area (Å²) in [5.41, 5.74) is 0. The number of aliphatic hydroxyl groups is 1. The molecule has 5 heteroatoms. The van der Waals surface area contributed by atoms with Crippen molar-refractivity contribution < 1.29 is 41.2 Å². The van der Waals surface area contributed by atoms with Crippen molar-refractivity contribution >= 4 is 5.97 Å². The molecule has 0 aromatic carbocycles. The first-order valence-electron chi connectivity index (χ1n) is 1.53. The Morgan fingerprint density at radius 2 is 1.88 bits per heavy atom. The summed E-state index contributed by atoms with van der Waals surface area (Å²) >= 11 is 0. The van der Waals surface area contributed by atoms with Crippen LogP contribution in [0.4, 0.5) is 0 Å². The van der Waals surface area contributed by atoms with Gasteiger partial charge in [0.15, 0.2) is 0 Å². The molecule has 0 saturated carbocycles. The Labute approximate surface area is 66.6 Å². The quantitative estimate of drug-likeness (QED) is 0.522. The minimum atomic E-state index is -1.44. The minimum absolute atomic E-state index is 0. The van der Waals surface area contributed by atoms with E-state index >= 15 is 0 Å². The molecule has 0 bridgehead atoms. The average molecular weight is 197 g/mol. The van der Waals surface area contributed by atoms with E-state index in [0.717, 1.165) is 6.92 Å². The van der Waals surface area contributed by atoms with Crippen LogP contribution in [-0.4, -0.2) is 17.2 Å². The summed E-state index contributed by atoms with van der Waals surface area (Å²) < 4.78 is 0. The van der Waals surface area contributed by atoms with Gasteiger partial charge in [0.25, 0.3) is 0 Å². The number of hydrogen-bond acceptors (Lipinski definition) is 4. The number of carbonyl (C=O) groups excluding carboxylic acids is 1. The van der Waals surface area contributed by atoms with E-state index in [2.05, 4.69) is 0 Å². The van der Waals surface area contributed by atoms with E-state index in [9.17, 15) is 9.90 Å². The van der Waals surface area contributed by atoms with Crippen molar-refractivity contribution in [2.24, 2.45) is 0 Å². The molecular formula is C3H8NO3Zr+3. The molecule has 1 atom stereocenters. The van der Waals surface area contributed by atoms with Gasteiger partial charge in [0.05, 0.1) is 12.1 Å². The van der Waals surface area contributed by atoms with Crippen LogP contribution in [0.15, 0.2) is 0 Å². The van der Waals surface area contributed by atoms with Crippen LogP contribution < -0.4 is 11.3 Å². The fourth-order valence-corrected chi connectivity index (χ4v) is 0. The van der Waals surface area contributed by atoms with Crippen LogP contribution in [0, 0.1) is 0 Å². The second-order valence-corrected chi connectivity index (χ2v) is 0.995. The molecule has 0 amide bonds. The van der Waals surface area contributed by atoms with E-state index in [1.807, 2.05) is 0 Å². The molecule has 44 valence electrons. The predicted molar refractivity (Wildman–Crippen MR) is 21.7 cm³/mol. The van der Waals surface area contributed by atoms with Crippen LogP contribution in [0.1, 0.15) is 6.92 Å². The molecule has 0 heterocycles. The van der Waals surface area contributed by atoms with Crippen molar-refractivity contribution in [1.82, 2.24) is 6.15 Å². The predicted octanol–water partition coefficient (Wildman–Crippen LogP) is -1.72. The zero-order chi connectivity index (χ0) is 5.15. The minimum Gasteiger partial charge on any atom is -0.547 e. The van der Waals surface area contributed by atoms with Gasteiger partial charge in [-0.25, -0.2) is 0 Å². The summed E-state index contributed by atoms with van der Waals surface area (Å²) in [6.45, 7) is 1.13. The Morgan fingerprint density at radius 1 is 1.75 bits per heavy atom. The first-order valence-corrected chi connectivity index (χ1v) is 1.53. The molecule has 0 aliphatic rings. The van der Waals surface area contributed by atoms with Crippen molar-refractivity contribution in [3.8, 4) is 0 Å². The maximum Gasteiger partial charge on any atom is 4.00 e. The molecular weight excluding hydrogens is 189 g/mol. The number of hydrogen-bond donors (Lipinski definition) is 2. The molecule has 0 radical (unpaired) electrons. The van der Waals surface area contributed by atoms with Crippen LogP contribution in [0.5, 0.6) is 0 Å². The fraction of sp³-hybridized carbons (Fsp3) is 0.667. The zero-order valence-corrected chi connectivity index (χ0v) is 7.01. The largest absolute Gasteiger partial charge is 4.00 e. The van der Waals surface area contributed by atoms with Gasteiger partial charge in [0.2, 0.25) is 0 Å². The second kappa shape index (κ2) is 7.27. The van der Waals surface area contributed by atoms with Crippen LogP contribution >= 0.6 is 0 Å². The first-order chi connectivity index (χ1) is 2.64. The Kier molecular flexibility index (Phi) is 14.3. The van der Waals surface area contributed by atoms with Gasteiger partial charge in [0, 0.05) is 0 Å². The Hall–Kier alpha value is 0.273. The van der Waals surface area contributed by atoms with Crippen LogP contribution in [0.3, 0.4) is 0 Å². The number of aliphatic hydroxyl groups excluding tert-OH is 1. The maximum atomic E-state index is 9.34. The van der Waals surface area contributed by atoms with Crippen molar-refractivity contribution in [1.29, 1.82) is 0 Å². The van der Waals surface area contributed by atoms with Gasteiger partial charge in [-0.1, -0.05) is 0 Å². The third-order valence-corrected chi connectivity index (χ3v) is 0.341. The molecule has 0 aromatic heterocycles. The van der Waals surface area contributed by atoms with E-state index in [-0.39, 0.29) is 32.4 Å². The van der Waals surface area contributed by atoms with E-state index < -0.39 is 12.1 Å². The molecule has 4 N–H and O–H groups in total. The number of carboxylic acids is 1. The van der Waals surface area contributed by atoms with Gasteiger partial charge >= 0.3 is 26.2 Å². The molecule has 0 spiro atoms. The number of carboxylic acid groups (broad SMARTS) is 1. The number of carbonyl (C=O) groups is 1. The van der Waals surface area contributed by atoms with E-state index in [0.29, 0.717) is 0 Å². The number of aliphatic carboxylic acids is 1. The SMILES string of the molecule is CC(O)C(=O)[O-].N.[Zr+4]. The molecule has 0 fully saturated rings. The smallest absolute Gasteiger partial charge is 0.547 e. The van der Waals surface area contributed by atoms with Crippen LogP contribution in [0.2, 0.25) is 0 Å². The summed E-state index contributed by atoms with van der Waals surface area (Å²) in [6.07, 6.45) is -1.34. The van der Waals surface area contributed by atoms with Gasteiger partial charge in [-0.05, 0) is 6.92 Å². The maximum absolute atomic E-state index is 9.34. The third kappa shape index (κ3) is 9.55. The van der Waals surface area contributed by atoms with Crippen molar-refractivity contribution in [3.05, 3.63) is 0 Å². The Bertz CT molecular complexity index is 65.5. The van der Waals surface area contributed by atoms with Gasteiger partial charge in [0.1, 0.15) is 0 Å². The standard InChI is InChI=1S/C3H6O3.H3N.Zr/c1-2(4)3(5)6;;/h2,4H,1H3,(H,5,6);1H3;/q;;+4/p-1. The summed E-state index contributed by atoms with van der Waals surface area (Å²) in [7, 11) is 0. The molecule has 0 aromatic rings. The normalized spacial score (nSPS) is 10.2. The Balaban J connectivity index is -0.000000125. The Morgan fingerprint density at radius 3 is 1.88 bits per heavy atom. The molecule has 8 heavy (non-hydrogen) atoms. The molecule has 0 saturated heterocycles. The molecule has 4 nitrogen and oxygen atoms in total. The van der Waals surface area contributed by atoms with Crippen molar-refractivity contribution in [2.45, 2.75) is 13.0 Å². The van der Waals surface area contributed by atoms with E-state index in [1.165, 1.54) is 0 Å². The zero-order valence-electron chi connectivity index (χ0n) is 4.55. The van der Waals surface area contributed by atoms with E-state index in [1.54, 1.807) is 0 Å². The third-order valence-electron chi connectivity index (χ3n) is 0.341. The summed E-state index contributed by atoms with van der Waals surface area (Å²) in [6, 6.07) is 0. The van der Waals surface area contributed by atoms with Crippen LogP contribution in [-0.2, 0) is 31.0 Å². The van der Waals surface area contributed by atoms with Crippen molar-refractivity contribution in [2.75, 3.05) is 0 Å². The van der Waals surface area contributed by atoms with Gasteiger partial charge in [-0.2, -0.15) is 0 Å². The van der Waals surface area contributed by atoms with Crippen LogP contribution in [0.25, 0.3) is 0 Å². The van der Waals surface area contributed by atoms with E-state index in [4.69, 9.17) is 5.11 Å². The van der Waals surface area contributed by atoms with Gasteiger partial charge < -0.3 is 21.2 Å². The average Bonchev–Trinajstić information content (AvgIpc) is 1.36. The summed E-state index contributed by atoms with van der Waals surface area (Å²) in [5.74, 6) is -1.44.